The van der Waals surface area contributed by atoms with E-state index in [2.05, 4.69) is 6.58 Å². The SMILES string of the molecule is C=C(CC(CC)CC)[C@@H](C(=O)O)N1CN(Cc2ccc(SC(F)(F)F)cc2)c2c(ccc3ccccc23)C1=O. The highest BCUT2D eigenvalue weighted by Crippen LogP contribution is 2.39. The molecule has 5 nitrogen and oxygen atoms in total. The van der Waals surface area contributed by atoms with Gasteiger partial charge < -0.3 is 14.9 Å². The molecule has 39 heavy (non-hydrogen) atoms. The second-order valence-electron chi connectivity index (χ2n) is 9.77. The summed E-state index contributed by atoms with van der Waals surface area (Å²) in [5, 5.41) is 12.0. The van der Waals surface area contributed by atoms with Gasteiger partial charge in [-0.2, -0.15) is 13.2 Å². The van der Waals surface area contributed by atoms with Crippen LogP contribution < -0.4 is 4.90 Å². The Bertz CT molecular complexity index is 1370. The summed E-state index contributed by atoms with van der Waals surface area (Å²) in [4.78, 5) is 29.7. The van der Waals surface area contributed by atoms with Crippen molar-refractivity contribution in [3.05, 3.63) is 83.9 Å². The molecule has 3 aromatic carbocycles. The van der Waals surface area contributed by atoms with Crippen LogP contribution in [0.3, 0.4) is 0 Å². The van der Waals surface area contributed by atoms with Crippen LogP contribution in [0.2, 0.25) is 0 Å². The van der Waals surface area contributed by atoms with Crippen LogP contribution in [0.1, 0.15) is 49.0 Å². The number of hydrogen-bond acceptors (Lipinski definition) is 4. The minimum Gasteiger partial charge on any atom is -0.479 e. The number of rotatable bonds is 10. The summed E-state index contributed by atoms with van der Waals surface area (Å²) in [6, 6.07) is 16.1. The van der Waals surface area contributed by atoms with Gasteiger partial charge in [-0.1, -0.05) is 75.7 Å². The Hall–Kier alpha value is -3.46. The summed E-state index contributed by atoms with van der Waals surface area (Å²) in [7, 11) is 0. The molecule has 1 N–H and O–H groups in total. The molecule has 0 fully saturated rings. The Morgan fingerprint density at radius 3 is 2.33 bits per heavy atom. The Morgan fingerprint density at radius 1 is 1.05 bits per heavy atom. The second kappa shape index (κ2) is 11.7. The number of carboxylic acids is 1. The molecule has 0 aliphatic carbocycles. The molecule has 3 aromatic rings. The van der Waals surface area contributed by atoms with Crippen molar-refractivity contribution >= 4 is 40.1 Å². The predicted molar refractivity (Wildman–Crippen MR) is 149 cm³/mol. The summed E-state index contributed by atoms with van der Waals surface area (Å²) in [5.41, 5.74) is -2.11. The molecule has 0 radical (unpaired) electrons. The van der Waals surface area contributed by atoms with Crippen molar-refractivity contribution in [2.24, 2.45) is 5.92 Å². The normalized spacial score (nSPS) is 14.6. The van der Waals surface area contributed by atoms with Crippen LogP contribution >= 0.6 is 11.8 Å². The number of carbonyl (C=O) groups excluding carboxylic acids is 1. The zero-order chi connectivity index (χ0) is 28.3. The lowest BCUT2D eigenvalue weighted by molar-refractivity contribution is -0.141. The van der Waals surface area contributed by atoms with Crippen LogP contribution in [-0.4, -0.2) is 40.1 Å². The average molecular weight is 557 g/mol. The number of fused-ring (bicyclic) bond motifs is 3. The first-order valence-electron chi connectivity index (χ1n) is 12.8. The number of thioether (sulfide) groups is 1. The fourth-order valence-corrected chi connectivity index (χ4v) is 5.71. The number of carbonyl (C=O) groups is 2. The largest absolute Gasteiger partial charge is 0.479 e. The van der Waals surface area contributed by atoms with E-state index in [-0.39, 0.29) is 41.7 Å². The van der Waals surface area contributed by atoms with Gasteiger partial charge in [0.2, 0.25) is 0 Å². The minimum atomic E-state index is -4.38. The van der Waals surface area contributed by atoms with Gasteiger partial charge in [0, 0.05) is 16.8 Å². The predicted octanol–water partition coefficient (Wildman–Crippen LogP) is 7.71. The van der Waals surface area contributed by atoms with E-state index in [1.807, 2.05) is 49.1 Å². The fraction of sp³-hybridized carbons (Fsp3) is 0.333. The highest BCUT2D eigenvalue weighted by Gasteiger charge is 2.39. The van der Waals surface area contributed by atoms with Crippen molar-refractivity contribution in [2.75, 3.05) is 11.6 Å². The summed E-state index contributed by atoms with van der Waals surface area (Å²) in [5.74, 6) is -1.27. The standard InChI is InChI=1S/C30H31F3N2O3S/c1-4-20(5-2)16-19(3)26(29(37)38)35-18-34(17-21-10-13-23(14-11-21)39-30(31,32)33)27-24-9-7-6-8-22(24)12-15-25(27)28(35)36/h6-15,20,26H,3-5,16-18H2,1-2H3,(H,37,38)/t26-/m0/s1. The van der Waals surface area contributed by atoms with E-state index in [0.29, 0.717) is 23.2 Å². The van der Waals surface area contributed by atoms with E-state index >= 15 is 0 Å². The number of anilines is 1. The summed E-state index contributed by atoms with van der Waals surface area (Å²) in [6.45, 7) is 8.45. The zero-order valence-corrected chi connectivity index (χ0v) is 22.7. The lowest BCUT2D eigenvalue weighted by atomic mass is 9.90. The second-order valence-corrected chi connectivity index (χ2v) is 10.9. The molecule has 0 unspecified atom stereocenters. The Morgan fingerprint density at radius 2 is 1.72 bits per heavy atom. The van der Waals surface area contributed by atoms with Crippen molar-refractivity contribution in [2.45, 2.75) is 56.1 Å². The molecule has 0 saturated heterocycles. The molecule has 1 atom stereocenters. The molecule has 1 aliphatic rings. The zero-order valence-electron chi connectivity index (χ0n) is 21.9. The third-order valence-corrected chi connectivity index (χ3v) is 7.94. The molecule has 206 valence electrons. The van der Waals surface area contributed by atoms with Crippen LogP contribution in [0.25, 0.3) is 10.8 Å². The maximum atomic E-state index is 13.8. The van der Waals surface area contributed by atoms with Crippen molar-refractivity contribution in [3.63, 3.8) is 0 Å². The molecule has 1 aliphatic heterocycles. The Labute approximate surface area is 230 Å². The number of amides is 1. The van der Waals surface area contributed by atoms with Crippen LogP contribution in [0.15, 0.2) is 77.7 Å². The monoisotopic (exact) mass is 556 g/mol. The number of hydrogen-bond donors (Lipinski definition) is 1. The Balaban J connectivity index is 1.74. The molecule has 0 spiro atoms. The summed E-state index contributed by atoms with van der Waals surface area (Å²) in [6.07, 6.45) is 2.25. The molecular weight excluding hydrogens is 525 g/mol. The lowest BCUT2D eigenvalue weighted by Gasteiger charge is -2.42. The topological polar surface area (TPSA) is 60.9 Å². The molecule has 1 heterocycles. The minimum absolute atomic E-state index is 0.00219. The van der Waals surface area contributed by atoms with E-state index in [1.165, 1.54) is 17.0 Å². The maximum absolute atomic E-state index is 13.8. The van der Waals surface area contributed by atoms with Crippen molar-refractivity contribution in [1.29, 1.82) is 0 Å². The number of alkyl halides is 3. The van der Waals surface area contributed by atoms with Gasteiger partial charge in [0.05, 0.1) is 17.9 Å². The first kappa shape index (κ1) is 28.5. The quantitative estimate of drug-likeness (QED) is 0.205. The fourth-order valence-electron chi connectivity index (χ4n) is 5.17. The van der Waals surface area contributed by atoms with Gasteiger partial charge in [-0.05, 0) is 58.8 Å². The molecule has 0 aromatic heterocycles. The van der Waals surface area contributed by atoms with Gasteiger partial charge in [-0.15, -0.1) is 0 Å². The van der Waals surface area contributed by atoms with E-state index in [4.69, 9.17) is 0 Å². The van der Waals surface area contributed by atoms with Crippen LogP contribution in [0.4, 0.5) is 18.9 Å². The molecule has 9 heteroatoms. The van der Waals surface area contributed by atoms with Crippen molar-refractivity contribution in [3.8, 4) is 0 Å². The first-order valence-corrected chi connectivity index (χ1v) is 13.7. The van der Waals surface area contributed by atoms with Gasteiger partial charge in [-0.3, -0.25) is 4.79 Å². The summed E-state index contributed by atoms with van der Waals surface area (Å²) >= 11 is -0.176. The number of halogens is 3. The van der Waals surface area contributed by atoms with Gasteiger partial charge >= 0.3 is 11.5 Å². The smallest absolute Gasteiger partial charge is 0.446 e. The van der Waals surface area contributed by atoms with E-state index in [0.717, 1.165) is 29.2 Å². The number of nitrogens with zero attached hydrogens (tertiary/aromatic N) is 2. The summed E-state index contributed by atoms with van der Waals surface area (Å²) < 4.78 is 38.4. The highest BCUT2D eigenvalue weighted by atomic mass is 32.2. The van der Waals surface area contributed by atoms with Crippen molar-refractivity contribution < 1.29 is 27.9 Å². The van der Waals surface area contributed by atoms with E-state index in [1.54, 1.807) is 18.2 Å². The molecular formula is C30H31F3N2O3S. The maximum Gasteiger partial charge on any atom is 0.446 e. The Kier molecular flexibility index (Phi) is 8.59. The number of aliphatic carboxylic acids is 1. The molecule has 4 rings (SSSR count). The first-order chi connectivity index (χ1) is 18.5. The third kappa shape index (κ3) is 6.41. The van der Waals surface area contributed by atoms with Crippen LogP contribution in [-0.2, 0) is 11.3 Å². The van der Waals surface area contributed by atoms with Crippen molar-refractivity contribution in [1.82, 2.24) is 4.90 Å². The van der Waals surface area contributed by atoms with E-state index < -0.39 is 17.5 Å². The third-order valence-electron chi connectivity index (χ3n) is 7.20. The van der Waals surface area contributed by atoms with Gasteiger partial charge in [0.1, 0.15) is 0 Å². The lowest BCUT2D eigenvalue weighted by Crippen LogP contribution is -2.54. The highest BCUT2D eigenvalue weighted by molar-refractivity contribution is 8.00. The van der Waals surface area contributed by atoms with Gasteiger partial charge in [0.25, 0.3) is 5.91 Å². The van der Waals surface area contributed by atoms with Gasteiger partial charge in [-0.25, -0.2) is 4.79 Å². The van der Waals surface area contributed by atoms with Crippen LogP contribution in [0, 0.1) is 5.92 Å². The van der Waals surface area contributed by atoms with Crippen LogP contribution in [0.5, 0.6) is 0 Å². The molecule has 1 amide bonds. The van der Waals surface area contributed by atoms with E-state index in [9.17, 15) is 27.9 Å². The van der Waals surface area contributed by atoms with Gasteiger partial charge in [0.15, 0.2) is 6.04 Å². The molecule has 0 saturated carbocycles. The number of carboxylic acid groups (broad SMARTS) is 1. The average Bonchev–Trinajstić information content (AvgIpc) is 2.89. The molecule has 0 bridgehead atoms. The number of benzene rings is 3.